The fraction of sp³-hybridized carbons (Fsp3) is 0.250. The summed E-state index contributed by atoms with van der Waals surface area (Å²) < 4.78 is 39.2. The molecule has 0 aliphatic rings. The van der Waals surface area contributed by atoms with Crippen LogP contribution >= 0.6 is 15.9 Å². The van der Waals surface area contributed by atoms with Crippen LogP contribution in [0, 0.1) is 0 Å². The van der Waals surface area contributed by atoms with Crippen LogP contribution in [-0.4, -0.2) is 22.6 Å². The molecular formula is C16H18BrNO4S. The summed E-state index contributed by atoms with van der Waals surface area (Å²) in [6.45, 7) is 1.97. The van der Waals surface area contributed by atoms with Crippen molar-refractivity contribution in [2.75, 3.05) is 18.9 Å². The molecule has 2 aromatic carbocycles. The van der Waals surface area contributed by atoms with E-state index in [1.54, 1.807) is 18.2 Å². The van der Waals surface area contributed by atoms with E-state index in [9.17, 15) is 8.42 Å². The number of nitrogens with one attached hydrogen (secondary N) is 1. The van der Waals surface area contributed by atoms with Crippen LogP contribution in [0.3, 0.4) is 0 Å². The predicted octanol–water partition coefficient (Wildman–Crippen LogP) is 3.83. The fourth-order valence-corrected chi connectivity index (χ4v) is 3.81. The second-order valence-electron chi connectivity index (χ2n) is 4.78. The van der Waals surface area contributed by atoms with Gasteiger partial charge in [0, 0.05) is 10.5 Å². The van der Waals surface area contributed by atoms with E-state index in [2.05, 4.69) is 20.7 Å². The van der Waals surface area contributed by atoms with E-state index >= 15 is 0 Å². The Morgan fingerprint density at radius 3 is 2.43 bits per heavy atom. The summed E-state index contributed by atoms with van der Waals surface area (Å²) in [5.74, 6) is 0.755. The number of sulfonamides is 1. The van der Waals surface area contributed by atoms with Crippen LogP contribution in [0.25, 0.3) is 0 Å². The molecule has 5 nitrogen and oxygen atoms in total. The van der Waals surface area contributed by atoms with Gasteiger partial charge >= 0.3 is 0 Å². The SMILES string of the molecule is CCc1cc(Br)ccc1NS(=O)(=O)c1ccc(OC)cc1OC. The van der Waals surface area contributed by atoms with Crippen molar-refractivity contribution in [3.05, 3.63) is 46.4 Å². The van der Waals surface area contributed by atoms with Crippen LogP contribution in [0.5, 0.6) is 11.5 Å². The first-order valence-corrected chi connectivity index (χ1v) is 9.22. The maximum absolute atomic E-state index is 12.7. The Labute approximate surface area is 144 Å². The number of benzene rings is 2. The van der Waals surface area contributed by atoms with Gasteiger partial charge < -0.3 is 9.47 Å². The average molecular weight is 400 g/mol. The third-order valence-electron chi connectivity index (χ3n) is 3.35. The van der Waals surface area contributed by atoms with Gasteiger partial charge in [0.05, 0.1) is 19.9 Å². The van der Waals surface area contributed by atoms with Crippen LogP contribution in [0.15, 0.2) is 45.8 Å². The van der Waals surface area contributed by atoms with Crippen molar-refractivity contribution in [3.8, 4) is 11.5 Å². The number of hydrogen-bond acceptors (Lipinski definition) is 4. The van der Waals surface area contributed by atoms with E-state index < -0.39 is 10.0 Å². The molecule has 0 saturated heterocycles. The number of aryl methyl sites for hydroxylation is 1. The number of halogens is 1. The first-order chi connectivity index (χ1) is 10.9. The molecule has 0 saturated carbocycles. The Morgan fingerprint density at radius 1 is 1.09 bits per heavy atom. The Hall–Kier alpha value is -1.73. The first kappa shape index (κ1) is 17.6. The predicted molar refractivity (Wildman–Crippen MR) is 93.9 cm³/mol. The standard InChI is InChI=1S/C16H18BrNO4S/c1-4-11-9-12(17)5-7-14(11)18-23(19,20)16-8-6-13(21-2)10-15(16)22-3/h5-10,18H,4H2,1-3H3. The molecule has 0 aliphatic heterocycles. The normalized spacial score (nSPS) is 11.1. The van der Waals surface area contributed by atoms with E-state index in [4.69, 9.17) is 9.47 Å². The molecule has 0 heterocycles. The summed E-state index contributed by atoms with van der Waals surface area (Å²) in [7, 11) is -0.840. The van der Waals surface area contributed by atoms with Crippen LogP contribution in [0.2, 0.25) is 0 Å². The molecule has 0 aromatic heterocycles. The number of methoxy groups -OCH3 is 2. The van der Waals surface area contributed by atoms with Gasteiger partial charge in [0.25, 0.3) is 10.0 Å². The van der Waals surface area contributed by atoms with Gasteiger partial charge in [-0.3, -0.25) is 4.72 Å². The van der Waals surface area contributed by atoms with E-state index in [1.165, 1.54) is 26.4 Å². The van der Waals surface area contributed by atoms with E-state index in [0.717, 1.165) is 10.0 Å². The molecule has 0 fully saturated rings. The van der Waals surface area contributed by atoms with Crippen LogP contribution in [0.1, 0.15) is 12.5 Å². The van der Waals surface area contributed by atoms with Crippen molar-refractivity contribution in [2.24, 2.45) is 0 Å². The highest BCUT2D eigenvalue weighted by Crippen LogP contribution is 2.31. The minimum absolute atomic E-state index is 0.0609. The lowest BCUT2D eigenvalue weighted by atomic mass is 10.1. The zero-order valence-electron chi connectivity index (χ0n) is 13.1. The summed E-state index contributed by atoms with van der Waals surface area (Å²) in [5, 5.41) is 0. The number of anilines is 1. The number of ether oxygens (including phenoxy) is 2. The van der Waals surface area contributed by atoms with Crippen molar-refractivity contribution in [3.63, 3.8) is 0 Å². The summed E-state index contributed by atoms with van der Waals surface area (Å²) in [6.07, 6.45) is 0.705. The lowest BCUT2D eigenvalue weighted by molar-refractivity contribution is 0.386. The molecule has 0 unspecified atom stereocenters. The van der Waals surface area contributed by atoms with Gasteiger partial charge in [0.2, 0.25) is 0 Å². The Balaban J connectivity index is 2.44. The highest BCUT2D eigenvalue weighted by atomic mass is 79.9. The topological polar surface area (TPSA) is 64.6 Å². The summed E-state index contributed by atoms with van der Waals surface area (Å²) in [5.41, 5.74) is 1.45. The Morgan fingerprint density at radius 2 is 1.83 bits per heavy atom. The van der Waals surface area contributed by atoms with Gasteiger partial charge in [0.15, 0.2) is 0 Å². The summed E-state index contributed by atoms with van der Waals surface area (Å²) in [4.78, 5) is 0.0609. The monoisotopic (exact) mass is 399 g/mol. The molecule has 2 rings (SSSR count). The number of rotatable bonds is 6. The molecular weight excluding hydrogens is 382 g/mol. The molecule has 23 heavy (non-hydrogen) atoms. The highest BCUT2D eigenvalue weighted by molar-refractivity contribution is 9.10. The molecule has 0 spiro atoms. The summed E-state index contributed by atoms with van der Waals surface area (Å²) in [6, 6.07) is 10.0. The van der Waals surface area contributed by atoms with Crippen molar-refractivity contribution >= 4 is 31.6 Å². The van der Waals surface area contributed by atoms with Gasteiger partial charge in [-0.05, 0) is 42.3 Å². The third-order valence-corrected chi connectivity index (χ3v) is 5.25. The second-order valence-corrected chi connectivity index (χ2v) is 7.34. The van der Waals surface area contributed by atoms with E-state index in [1.807, 2.05) is 13.0 Å². The minimum Gasteiger partial charge on any atom is -0.497 e. The summed E-state index contributed by atoms with van der Waals surface area (Å²) >= 11 is 3.39. The zero-order valence-corrected chi connectivity index (χ0v) is 15.5. The molecule has 124 valence electrons. The molecule has 0 amide bonds. The van der Waals surface area contributed by atoms with Gasteiger partial charge in [-0.25, -0.2) is 8.42 Å². The smallest absolute Gasteiger partial charge is 0.265 e. The maximum atomic E-state index is 12.7. The molecule has 1 N–H and O–H groups in total. The van der Waals surface area contributed by atoms with Crippen molar-refractivity contribution in [1.29, 1.82) is 0 Å². The largest absolute Gasteiger partial charge is 0.497 e. The molecule has 0 radical (unpaired) electrons. The Kier molecular flexibility index (Phi) is 5.54. The molecule has 2 aromatic rings. The quantitative estimate of drug-likeness (QED) is 0.801. The zero-order chi connectivity index (χ0) is 17.0. The van der Waals surface area contributed by atoms with Gasteiger partial charge in [-0.15, -0.1) is 0 Å². The average Bonchev–Trinajstić information content (AvgIpc) is 2.55. The molecule has 0 atom stereocenters. The Bertz CT molecular complexity index is 806. The molecule has 0 aliphatic carbocycles. The molecule has 0 bridgehead atoms. The van der Waals surface area contributed by atoms with Crippen LogP contribution < -0.4 is 14.2 Å². The van der Waals surface area contributed by atoms with Crippen molar-refractivity contribution in [1.82, 2.24) is 0 Å². The highest BCUT2D eigenvalue weighted by Gasteiger charge is 2.21. The fourth-order valence-electron chi connectivity index (χ4n) is 2.15. The van der Waals surface area contributed by atoms with Crippen LogP contribution in [-0.2, 0) is 16.4 Å². The lowest BCUT2D eigenvalue weighted by Gasteiger charge is -2.15. The van der Waals surface area contributed by atoms with Gasteiger partial charge in [0.1, 0.15) is 16.4 Å². The van der Waals surface area contributed by atoms with Crippen molar-refractivity contribution < 1.29 is 17.9 Å². The van der Waals surface area contributed by atoms with Gasteiger partial charge in [-0.1, -0.05) is 22.9 Å². The molecule has 7 heteroatoms. The third kappa shape index (κ3) is 3.97. The first-order valence-electron chi connectivity index (χ1n) is 6.94. The number of hydrogen-bond donors (Lipinski definition) is 1. The maximum Gasteiger partial charge on any atom is 0.265 e. The van der Waals surface area contributed by atoms with Crippen molar-refractivity contribution in [2.45, 2.75) is 18.2 Å². The van der Waals surface area contributed by atoms with Gasteiger partial charge in [-0.2, -0.15) is 0 Å². The lowest BCUT2D eigenvalue weighted by Crippen LogP contribution is -2.15. The second kappa shape index (κ2) is 7.23. The minimum atomic E-state index is -3.77. The van der Waals surface area contributed by atoms with Crippen LogP contribution in [0.4, 0.5) is 5.69 Å². The van der Waals surface area contributed by atoms with E-state index in [-0.39, 0.29) is 10.6 Å². The van der Waals surface area contributed by atoms with E-state index in [0.29, 0.717) is 17.9 Å².